The molecule has 1 amide bonds. The van der Waals surface area contributed by atoms with E-state index in [0.29, 0.717) is 35.9 Å². The summed E-state index contributed by atoms with van der Waals surface area (Å²) in [6.45, 7) is 4.93. The first kappa shape index (κ1) is 11.8. The quantitative estimate of drug-likeness (QED) is 0.751. The maximum absolute atomic E-state index is 11.9. The third-order valence-electron chi connectivity index (χ3n) is 3.52. The number of rotatable bonds is 1. The second-order valence-corrected chi connectivity index (χ2v) is 5.16. The number of anilines is 2. The van der Waals surface area contributed by atoms with Crippen LogP contribution >= 0.6 is 0 Å². The van der Waals surface area contributed by atoms with Gasteiger partial charge in [0.1, 0.15) is 11.1 Å². The number of nitrogens with two attached hydrogens (primary N) is 1. The zero-order valence-electron chi connectivity index (χ0n) is 10.9. The van der Waals surface area contributed by atoms with Crippen LogP contribution in [0, 0.1) is 0 Å². The van der Waals surface area contributed by atoms with Crippen LogP contribution in [0.25, 0.3) is 11.1 Å². The fraction of sp³-hybridized carbons (Fsp3) is 0.385. The summed E-state index contributed by atoms with van der Waals surface area (Å²) in [4.78, 5) is 18.2. The molecule has 1 saturated heterocycles. The number of hydrogen-bond donors (Lipinski definition) is 2. The molecule has 1 fully saturated rings. The second-order valence-electron chi connectivity index (χ2n) is 5.16. The van der Waals surface area contributed by atoms with Crippen LogP contribution in [0.2, 0.25) is 0 Å². The minimum atomic E-state index is -0.687. The molecular weight excluding hydrogens is 244 g/mol. The highest BCUT2D eigenvalue weighted by atomic mass is 16.4. The Kier molecular flexibility index (Phi) is 2.41. The van der Waals surface area contributed by atoms with Crippen LogP contribution in [-0.4, -0.2) is 29.5 Å². The monoisotopic (exact) mass is 260 g/mol. The predicted molar refractivity (Wildman–Crippen MR) is 72.9 cm³/mol. The minimum Gasteiger partial charge on any atom is -0.423 e. The van der Waals surface area contributed by atoms with Gasteiger partial charge in [-0.15, -0.1) is 0 Å². The molecule has 100 valence electrons. The van der Waals surface area contributed by atoms with Gasteiger partial charge >= 0.3 is 0 Å². The lowest BCUT2D eigenvalue weighted by Crippen LogP contribution is -2.62. The van der Waals surface area contributed by atoms with Crippen molar-refractivity contribution in [3.63, 3.8) is 0 Å². The van der Waals surface area contributed by atoms with Crippen molar-refractivity contribution in [3.05, 3.63) is 18.2 Å². The van der Waals surface area contributed by atoms with E-state index in [2.05, 4.69) is 10.3 Å². The Hall–Kier alpha value is -2.24. The molecule has 1 aromatic carbocycles. The molecule has 19 heavy (non-hydrogen) atoms. The number of nitrogens with zero attached hydrogens (tertiary/aromatic N) is 2. The first-order chi connectivity index (χ1) is 9.00. The number of amides is 1. The molecule has 0 saturated carbocycles. The number of benzene rings is 1. The van der Waals surface area contributed by atoms with Crippen molar-refractivity contribution in [3.8, 4) is 0 Å². The molecule has 1 aliphatic rings. The number of oxazole rings is 1. The first-order valence-electron chi connectivity index (χ1n) is 6.21. The molecule has 0 spiro atoms. The summed E-state index contributed by atoms with van der Waals surface area (Å²) in [5.74, 6) is -0.0334. The van der Waals surface area contributed by atoms with Gasteiger partial charge < -0.3 is 20.4 Å². The third kappa shape index (κ3) is 1.71. The van der Waals surface area contributed by atoms with Gasteiger partial charge in [0.05, 0.1) is 5.69 Å². The highest BCUT2D eigenvalue weighted by Gasteiger charge is 2.40. The summed E-state index contributed by atoms with van der Waals surface area (Å²) < 4.78 is 5.73. The average Bonchev–Trinajstić information content (AvgIpc) is 2.77. The van der Waals surface area contributed by atoms with Crippen LogP contribution in [0.3, 0.4) is 0 Å². The van der Waals surface area contributed by atoms with Crippen LogP contribution in [0.1, 0.15) is 13.8 Å². The Morgan fingerprint density at radius 1 is 1.47 bits per heavy atom. The van der Waals surface area contributed by atoms with E-state index in [1.54, 1.807) is 6.07 Å². The first-order valence-corrected chi connectivity index (χ1v) is 6.21. The van der Waals surface area contributed by atoms with Crippen molar-refractivity contribution in [1.82, 2.24) is 10.3 Å². The van der Waals surface area contributed by atoms with Crippen LogP contribution in [-0.2, 0) is 4.79 Å². The Balaban J connectivity index is 2.09. The van der Waals surface area contributed by atoms with E-state index in [1.165, 1.54) is 0 Å². The molecule has 6 nitrogen and oxygen atoms in total. The van der Waals surface area contributed by atoms with Gasteiger partial charge in [-0.25, -0.2) is 0 Å². The van der Waals surface area contributed by atoms with E-state index in [1.807, 2.05) is 30.9 Å². The van der Waals surface area contributed by atoms with Crippen LogP contribution in [0.4, 0.5) is 11.7 Å². The standard InChI is InChI=1S/C13H16N4O2/c1-13(2)11(18)15-6-7-17(13)12-16-10-8(14)4-3-5-9(10)19-12/h3-5H,6-7,14H2,1-2H3,(H,15,18). The van der Waals surface area contributed by atoms with E-state index >= 15 is 0 Å². The molecule has 1 aromatic heterocycles. The van der Waals surface area contributed by atoms with Gasteiger partial charge in [-0.2, -0.15) is 4.98 Å². The number of fused-ring (bicyclic) bond motifs is 1. The zero-order valence-corrected chi connectivity index (χ0v) is 10.9. The van der Waals surface area contributed by atoms with Crippen molar-refractivity contribution in [1.29, 1.82) is 0 Å². The number of nitrogen functional groups attached to an aromatic ring is 1. The molecule has 6 heteroatoms. The molecule has 3 N–H and O–H groups in total. The summed E-state index contributed by atoms with van der Waals surface area (Å²) in [5, 5.41) is 2.84. The SMILES string of the molecule is CC1(C)C(=O)NCCN1c1nc2c(N)cccc2o1. The fourth-order valence-electron chi connectivity index (χ4n) is 2.31. The minimum absolute atomic E-state index is 0.0334. The molecule has 1 aliphatic heterocycles. The molecule has 0 atom stereocenters. The van der Waals surface area contributed by atoms with Crippen molar-refractivity contribution in [2.45, 2.75) is 19.4 Å². The molecule has 0 unspecified atom stereocenters. The number of carbonyl (C=O) groups is 1. The number of nitrogens with one attached hydrogen (secondary N) is 1. The van der Waals surface area contributed by atoms with Gasteiger partial charge in [-0.1, -0.05) is 6.07 Å². The van der Waals surface area contributed by atoms with E-state index < -0.39 is 5.54 Å². The van der Waals surface area contributed by atoms with Crippen molar-refractivity contribution in [2.24, 2.45) is 0 Å². The van der Waals surface area contributed by atoms with Gasteiger partial charge in [0.15, 0.2) is 5.58 Å². The highest BCUT2D eigenvalue weighted by Crippen LogP contribution is 2.30. The van der Waals surface area contributed by atoms with Gasteiger partial charge in [0, 0.05) is 13.1 Å². The summed E-state index contributed by atoms with van der Waals surface area (Å²) in [6.07, 6.45) is 0. The number of para-hydroxylation sites is 1. The van der Waals surface area contributed by atoms with Crippen LogP contribution in [0.5, 0.6) is 0 Å². The molecule has 0 radical (unpaired) electrons. The Labute approximate surface area is 110 Å². The molecule has 2 heterocycles. The number of piperazine rings is 1. The van der Waals surface area contributed by atoms with Crippen LogP contribution < -0.4 is 16.0 Å². The lowest BCUT2D eigenvalue weighted by atomic mass is 10.00. The predicted octanol–water partition coefficient (Wildman–Crippen LogP) is 1.12. The Morgan fingerprint density at radius 3 is 3.00 bits per heavy atom. The molecule has 2 aromatic rings. The van der Waals surface area contributed by atoms with Gasteiger partial charge in [0.2, 0.25) is 5.91 Å². The summed E-state index contributed by atoms with van der Waals surface area (Å²) in [6, 6.07) is 5.86. The summed E-state index contributed by atoms with van der Waals surface area (Å²) >= 11 is 0. The van der Waals surface area contributed by atoms with E-state index in [4.69, 9.17) is 10.2 Å². The number of carbonyl (C=O) groups excluding carboxylic acids is 1. The van der Waals surface area contributed by atoms with Crippen molar-refractivity contribution >= 4 is 28.7 Å². The average molecular weight is 260 g/mol. The van der Waals surface area contributed by atoms with Crippen LogP contribution in [0.15, 0.2) is 22.6 Å². The highest BCUT2D eigenvalue weighted by molar-refractivity contribution is 5.91. The number of aromatic nitrogens is 1. The lowest BCUT2D eigenvalue weighted by molar-refractivity contribution is -0.126. The molecule has 0 bridgehead atoms. The van der Waals surface area contributed by atoms with Gasteiger partial charge in [-0.3, -0.25) is 4.79 Å². The van der Waals surface area contributed by atoms with E-state index in [9.17, 15) is 4.79 Å². The summed E-state index contributed by atoms with van der Waals surface area (Å²) in [5.41, 5.74) is 7.04. The largest absolute Gasteiger partial charge is 0.423 e. The fourth-order valence-corrected chi connectivity index (χ4v) is 2.31. The van der Waals surface area contributed by atoms with Gasteiger partial charge in [0.25, 0.3) is 6.01 Å². The Bertz CT molecular complexity index is 647. The maximum atomic E-state index is 11.9. The summed E-state index contributed by atoms with van der Waals surface area (Å²) in [7, 11) is 0. The van der Waals surface area contributed by atoms with E-state index in [0.717, 1.165) is 0 Å². The topological polar surface area (TPSA) is 84.4 Å². The third-order valence-corrected chi connectivity index (χ3v) is 3.52. The van der Waals surface area contributed by atoms with E-state index in [-0.39, 0.29) is 5.91 Å². The normalized spacial score (nSPS) is 18.6. The maximum Gasteiger partial charge on any atom is 0.299 e. The number of hydrogen-bond acceptors (Lipinski definition) is 5. The Morgan fingerprint density at radius 2 is 2.26 bits per heavy atom. The van der Waals surface area contributed by atoms with Crippen molar-refractivity contribution < 1.29 is 9.21 Å². The smallest absolute Gasteiger partial charge is 0.299 e. The van der Waals surface area contributed by atoms with Gasteiger partial charge in [-0.05, 0) is 26.0 Å². The van der Waals surface area contributed by atoms with Crippen molar-refractivity contribution in [2.75, 3.05) is 23.7 Å². The molecular formula is C13H16N4O2. The molecule has 0 aliphatic carbocycles. The molecule has 3 rings (SSSR count). The lowest BCUT2D eigenvalue weighted by Gasteiger charge is -2.39. The zero-order chi connectivity index (χ0) is 13.6. The second kappa shape index (κ2) is 3.88.